The fraction of sp³-hybridized carbons (Fsp3) is 0. The first-order chi connectivity index (χ1) is 17.0. The number of aromatic amines is 1. The lowest BCUT2D eigenvalue weighted by Gasteiger charge is -2.07. The lowest BCUT2D eigenvalue weighted by atomic mass is 9.99. The topological polar surface area (TPSA) is 73.7 Å². The van der Waals surface area contributed by atoms with Crippen molar-refractivity contribution < 1.29 is 8.42 Å². The molecular formula is C29H19ClN2O2S. The summed E-state index contributed by atoms with van der Waals surface area (Å²) in [6, 6.07) is 33.4. The van der Waals surface area contributed by atoms with Crippen molar-refractivity contribution >= 4 is 38.4 Å². The molecule has 5 aromatic rings. The number of halogens is 1. The first kappa shape index (κ1) is 22.7. The van der Waals surface area contributed by atoms with Crippen LogP contribution >= 0.6 is 11.6 Å². The molecule has 0 aliphatic rings. The van der Waals surface area contributed by atoms with Crippen molar-refractivity contribution in [1.29, 1.82) is 5.26 Å². The second-order valence-corrected chi connectivity index (χ2v) is 10.3. The minimum Gasteiger partial charge on any atom is -0.354 e. The molecule has 0 bridgehead atoms. The third-order valence-corrected chi connectivity index (χ3v) is 7.74. The Kier molecular flexibility index (Phi) is 6.00. The van der Waals surface area contributed by atoms with E-state index in [0.717, 1.165) is 33.3 Å². The molecule has 0 atom stereocenters. The van der Waals surface area contributed by atoms with Crippen molar-refractivity contribution in [2.24, 2.45) is 0 Å². The second kappa shape index (κ2) is 9.27. The smallest absolute Gasteiger partial charge is 0.216 e. The molecular weight excluding hydrogens is 476 g/mol. The van der Waals surface area contributed by atoms with Gasteiger partial charge in [-0.2, -0.15) is 5.26 Å². The van der Waals surface area contributed by atoms with Crippen LogP contribution in [0.5, 0.6) is 0 Å². The number of nitrogens with zero attached hydrogens (tertiary/aromatic N) is 1. The van der Waals surface area contributed by atoms with Crippen LogP contribution in [0.2, 0.25) is 5.02 Å². The normalized spacial score (nSPS) is 11.9. The highest BCUT2D eigenvalue weighted by atomic mass is 35.5. The number of allylic oxidation sites excluding steroid dienone is 1. The molecule has 6 heteroatoms. The quantitative estimate of drug-likeness (QED) is 0.257. The van der Waals surface area contributed by atoms with Crippen LogP contribution in [-0.4, -0.2) is 13.4 Å². The van der Waals surface area contributed by atoms with Gasteiger partial charge in [-0.15, -0.1) is 0 Å². The van der Waals surface area contributed by atoms with Crippen molar-refractivity contribution in [3.8, 4) is 28.5 Å². The molecule has 0 saturated heterocycles. The van der Waals surface area contributed by atoms with Crippen molar-refractivity contribution in [2.45, 2.75) is 4.90 Å². The lowest BCUT2D eigenvalue weighted by molar-refractivity contribution is 0.603. The molecule has 4 aromatic carbocycles. The van der Waals surface area contributed by atoms with E-state index in [1.807, 2.05) is 78.9 Å². The Balaban J connectivity index is 1.70. The van der Waals surface area contributed by atoms with Crippen LogP contribution in [0.3, 0.4) is 0 Å². The Morgan fingerprint density at radius 2 is 1.46 bits per heavy atom. The molecule has 0 spiro atoms. The summed E-state index contributed by atoms with van der Waals surface area (Å²) in [5, 5.41) is 11.1. The van der Waals surface area contributed by atoms with Gasteiger partial charge in [0.25, 0.3) is 0 Å². The summed E-state index contributed by atoms with van der Waals surface area (Å²) in [6.07, 6.45) is 1.45. The van der Waals surface area contributed by atoms with E-state index in [1.165, 1.54) is 30.3 Å². The zero-order valence-corrected chi connectivity index (χ0v) is 20.0. The number of nitrogens with one attached hydrogen (secondary N) is 1. The van der Waals surface area contributed by atoms with Gasteiger partial charge in [-0.25, -0.2) is 8.42 Å². The number of nitriles is 1. The summed E-state index contributed by atoms with van der Waals surface area (Å²) in [5.41, 5.74) is 5.22. The maximum atomic E-state index is 13.3. The van der Waals surface area contributed by atoms with Crippen molar-refractivity contribution in [1.82, 2.24) is 4.98 Å². The highest BCUT2D eigenvalue weighted by Gasteiger charge is 2.23. The van der Waals surface area contributed by atoms with Crippen LogP contribution in [-0.2, 0) is 9.84 Å². The first-order valence-corrected chi connectivity index (χ1v) is 12.7. The highest BCUT2D eigenvalue weighted by Crippen LogP contribution is 2.35. The lowest BCUT2D eigenvalue weighted by Crippen LogP contribution is -2.03. The molecule has 0 unspecified atom stereocenters. The largest absolute Gasteiger partial charge is 0.354 e. The number of hydrogen-bond donors (Lipinski definition) is 1. The molecule has 0 saturated carbocycles. The van der Waals surface area contributed by atoms with Crippen molar-refractivity contribution in [3.05, 3.63) is 119 Å². The van der Waals surface area contributed by atoms with Crippen molar-refractivity contribution in [2.75, 3.05) is 0 Å². The van der Waals surface area contributed by atoms with Gasteiger partial charge in [0.2, 0.25) is 9.84 Å². The predicted molar refractivity (Wildman–Crippen MR) is 141 cm³/mol. The molecule has 1 N–H and O–H groups in total. The maximum absolute atomic E-state index is 13.3. The van der Waals surface area contributed by atoms with Gasteiger partial charge in [0.05, 0.1) is 10.6 Å². The number of rotatable bonds is 5. The standard InChI is InChI=1S/C29H19ClN2O2S/c30-23-13-15-24(16-14-23)35(33,34)25(19-31)18-27-26-11-4-5-12-28(26)32-29(27)22-10-6-9-21(17-22)20-7-2-1-3-8-20/h1-18,32H/b25-18-. The van der Waals surface area contributed by atoms with E-state index in [0.29, 0.717) is 10.6 Å². The third-order valence-electron chi connectivity index (χ3n) is 5.80. The Morgan fingerprint density at radius 1 is 0.800 bits per heavy atom. The molecule has 0 fully saturated rings. The van der Waals surface area contributed by atoms with E-state index in [-0.39, 0.29) is 9.80 Å². The molecule has 0 amide bonds. The molecule has 1 aromatic heterocycles. The van der Waals surface area contributed by atoms with Crippen molar-refractivity contribution in [3.63, 3.8) is 0 Å². The molecule has 0 aliphatic carbocycles. The summed E-state index contributed by atoms with van der Waals surface area (Å²) in [7, 11) is -4.04. The minimum absolute atomic E-state index is 0.0159. The molecule has 0 radical (unpaired) electrons. The van der Waals surface area contributed by atoms with Crippen LogP contribution < -0.4 is 0 Å². The zero-order chi connectivity index (χ0) is 24.4. The number of benzene rings is 4. The summed E-state index contributed by atoms with van der Waals surface area (Å²) in [6.45, 7) is 0. The number of hydrogen-bond acceptors (Lipinski definition) is 3. The third kappa shape index (κ3) is 4.38. The molecule has 170 valence electrons. The van der Waals surface area contributed by atoms with Gasteiger partial charge in [0.1, 0.15) is 11.0 Å². The van der Waals surface area contributed by atoms with Gasteiger partial charge >= 0.3 is 0 Å². The number of aromatic nitrogens is 1. The fourth-order valence-electron chi connectivity index (χ4n) is 4.07. The molecule has 4 nitrogen and oxygen atoms in total. The van der Waals surface area contributed by atoms with Gasteiger partial charge in [-0.05, 0) is 59.2 Å². The van der Waals surface area contributed by atoms with Crippen LogP contribution in [0.1, 0.15) is 5.56 Å². The minimum atomic E-state index is -4.04. The van der Waals surface area contributed by atoms with Gasteiger partial charge in [-0.3, -0.25) is 0 Å². The van der Waals surface area contributed by atoms with E-state index < -0.39 is 9.84 Å². The van der Waals surface area contributed by atoms with E-state index in [1.54, 1.807) is 0 Å². The second-order valence-electron chi connectivity index (χ2n) is 7.98. The van der Waals surface area contributed by atoms with Gasteiger partial charge in [-0.1, -0.05) is 78.3 Å². The van der Waals surface area contributed by atoms with Gasteiger partial charge < -0.3 is 4.98 Å². The fourth-order valence-corrected chi connectivity index (χ4v) is 5.34. The number of H-pyrrole nitrogens is 1. The van der Waals surface area contributed by atoms with Gasteiger partial charge in [0.15, 0.2) is 0 Å². The van der Waals surface area contributed by atoms with Gasteiger partial charge in [0, 0.05) is 21.5 Å². The summed E-state index contributed by atoms with van der Waals surface area (Å²) in [5.74, 6) is 0. The summed E-state index contributed by atoms with van der Waals surface area (Å²) >= 11 is 5.92. The van der Waals surface area contributed by atoms with Crippen LogP contribution in [0.15, 0.2) is 113 Å². The molecule has 1 heterocycles. The SMILES string of the molecule is N#C/C(=C/c1c(-c2cccc(-c3ccccc3)c2)[nH]c2ccccc12)S(=O)(=O)c1ccc(Cl)cc1. The summed E-state index contributed by atoms with van der Waals surface area (Å²) < 4.78 is 26.6. The van der Waals surface area contributed by atoms with Crippen LogP contribution in [0.4, 0.5) is 0 Å². The van der Waals surface area contributed by atoms with E-state index in [4.69, 9.17) is 11.6 Å². The Hall–Kier alpha value is -4.11. The van der Waals surface area contributed by atoms with E-state index in [9.17, 15) is 13.7 Å². The first-order valence-electron chi connectivity index (χ1n) is 10.9. The highest BCUT2D eigenvalue weighted by molar-refractivity contribution is 7.95. The molecule has 0 aliphatic heterocycles. The molecule has 35 heavy (non-hydrogen) atoms. The maximum Gasteiger partial charge on any atom is 0.216 e. The predicted octanol–water partition coefficient (Wildman–Crippen LogP) is 7.49. The zero-order valence-electron chi connectivity index (χ0n) is 18.4. The Bertz CT molecular complexity index is 1710. The number of para-hydroxylation sites is 1. The average Bonchev–Trinajstić information content (AvgIpc) is 3.26. The Labute approximate surface area is 208 Å². The monoisotopic (exact) mass is 494 g/mol. The number of sulfone groups is 1. The molecule has 5 rings (SSSR count). The summed E-state index contributed by atoms with van der Waals surface area (Å²) in [4.78, 5) is 3.09. The average molecular weight is 495 g/mol. The van der Waals surface area contributed by atoms with E-state index >= 15 is 0 Å². The Morgan fingerprint density at radius 3 is 2.20 bits per heavy atom. The van der Waals surface area contributed by atoms with Crippen LogP contribution in [0, 0.1) is 11.3 Å². The van der Waals surface area contributed by atoms with Crippen LogP contribution in [0.25, 0.3) is 39.4 Å². The van der Waals surface area contributed by atoms with E-state index in [2.05, 4.69) is 11.1 Å². The number of fused-ring (bicyclic) bond motifs is 1.